The fourth-order valence-corrected chi connectivity index (χ4v) is 1.86. The molecule has 0 saturated heterocycles. The standard InChI is InChI=1S/C10H22N2/c1-4-12(5-2)8-10-6-9(10)7-11-3/h9-11H,4-8H2,1-3H3/t9-,10+/m1/s1. The molecule has 0 unspecified atom stereocenters. The highest BCUT2D eigenvalue weighted by Crippen LogP contribution is 2.38. The average Bonchev–Trinajstić information content (AvgIpc) is 2.80. The molecule has 0 bridgehead atoms. The summed E-state index contributed by atoms with van der Waals surface area (Å²) in [6.07, 6.45) is 1.44. The molecule has 72 valence electrons. The third-order valence-corrected chi connectivity index (χ3v) is 2.92. The van der Waals surface area contributed by atoms with Crippen molar-refractivity contribution in [2.24, 2.45) is 11.8 Å². The summed E-state index contributed by atoms with van der Waals surface area (Å²) < 4.78 is 0. The van der Waals surface area contributed by atoms with E-state index in [1.165, 1.54) is 32.6 Å². The van der Waals surface area contributed by atoms with Crippen molar-refractivity contribution >= 4 is 0 Å². The highest BCUT2D eigenvalue weighted by molar-refractivity contribution is 4.89. The normalized spacial score (nSPS) is 28.0. The van der Waals surface area contributed by atoms with Crippen molar-refractivity contribution in [3.8, 4) is 0 Å². The maximum absolute atomic E-state index is 3.25. The number of nitrogens with zero attached hydrogens (tertiary/aromatic N) is 1. The molecule has 0 spiro atoms. The van der Waals surface area contributed by atoms with Crippen LogP contribution in [0.1, 0.15) is 20.3 Å². The van der Waals surface area contributed by atoms with Gasteiger partial charge in [0.1, 0.15) is 0 Å². The minimum atomic E-state index is 0.968. The molecule has 2 heteroatoms. The summed E-state index contributed by atoms with van der Waals surface area (Å²) >= 11 is 0. The number of nitrogens with one attached hydrogen (secondary N) is 1. The van der Waals surface area contributed by atoms with Crippen LogP contribution in [0.5, 0.6) is 0 Å². The van der Waals surface area contributed by atoms with Gasteiger partial charge in [-0.3, -0.25) is 0 Å². The van der Waals surface area contributed by atoms with Crippen molar-refractivity contribution in [1.82, 2.24) is 10.2 Å². The predicted molar refractivity (Wildman–Crippen MR) is 53.3 cm³/mol. The summed E-state index contributed by atoms with van der Waals surface area (Å²) in [5.41, 5.74) is 0. The van der Waals surface area contributed by atoms with Crippen LogP contribution in [0.3, 0.4) is 0 Å². The van der Waals surface area contributed by atoms with E-state index >= 15 is 0 Å². The zero-order valence-electron chi connectivity index (χ0n) is 8.64. The Labute approximate surface area is 76.3 Å². The van der Waals surface area contributed by atoms with Gasteiger partial charge in [-0.05, 0) is 44.9 Å². The molecule has 0 aromatic carbocycles. The quantitative estimate of drug-likeness (QED) is 0.644. The second-order valence-corrected chi connectivity index (χ2v) is 3.80. The van der Waals surface area contributed by atoms with Gasteiger partial charge in [-0.1, -0.05) is 13.8 Å². The van der Waals surface area contributed by atoms with E-state index in [1.54, 1.807) is 0 Å². The lowest BCUT2D eigenvalue weighted by Gasteiger charge is -2.17. The Morgan fingerprint density at radius 2 is 1.92 bits per heavy atom. The van der Waals surface area contributed by atoms with Gasteiger partial charge in [-0.25, -0.2) is 0 Å². The van der Waals surface area contributed by atoms with Crippen molar-refractivity contribution in [2.75, 3.05) is 33.2 Å². The molecule has 12 heavy (non-hydrogen) atoms. The molecule has 1 saturated carbocycles. The van der Waals surface area contributed by atoms with Gasteiger partial charge in [0.15, 0.2) is 0 Å². The van der Waals surface area contributed by atoms with Gasteiger partial charge in [0.2, 0.25) is 0 Å². The van der Waals surface area contributed by atoms with Crippen molar-refractivity contribution < 1.29 is 0 Å². The van der Waals surface area contributed by atoms with Crippen molar-refractivity contribution in [3.63, 3.8) is 0 Å². The van der Waals surface area contributed by atoms with Crippen LogP contribution in [0.15, 0.2) is 0 Å². The minimum absolute atomic E-state index is 0.968. The van der Waals surface area contributed by atoms with Crippen LogP contribution in [0.25, 0.3) is 0 Å². The lowest BCUT2D eigenvalue weighted by atomic mass is 10.3. The monoisotopic (exact) mass is 170 g/mol. The fraction of sp³-hybridized carbons (Fsp3) is 1.00. The van der Waals surface area contributed by atoms with Gasteiger partial charge < -0.3 is 10.2 Å². The Balaban J connectivity index is 2.09. The molecule has 1 aliphatic rings. The molecule has 0 radical (unpaired) electrons. The van der Waals surface area contributed by atoms with Crippen LogP contribution in [0.4, 0.5) is 0 Å². The fourth-order valence-electron chi connectivity index (χ4n) is 1.86. The molecule has 0 aromatic rings. The lowest BCUT2D eigenvalue weighted by molar-refractivity contribution is 0.285. The van der Waals surface area contributed by atoms with E-state index in [-0.39, 0.29) is 0 Å². The first-order valence-electron chi connectivity index (χ1n) is 5.18. The molecule has 1 aliphatic carbocycles. The van der Waals surface area contributed by atoms with E-state index in [4.69, 9.17) is 0 Å². The Hall–Kier alpha value is -0.0800. The molecule has 2 nitrogen and oxygen atoms in total. The van der Waals surface area contributed by atoms with E-state index in [2.05, 4.69) is 24.1 Å². The van der Waals surface area contributed by atoms with Crippen molar-refractivity contribution in [2.45, 2.75) is 20.3 Å². The predicted octanol–water partition coefficient (Wildman–Crippen LogP) is 1.18. The highest BCUT2D eigenvalue weighted by atomic mass is 15.1. The van der Waals surface area contributed by atoms with E-state index < -0.39 is 0 Å². The molecular formula is C10H22N2. The van der Waals surface area contributed by atoms with E-state index in [9.17, 15) is 0 Å². The minimum Gasteiger partial charge on any atom is -0.319 e. The topological polar surface area (TPSA) is 15.3 Å². The summed E-state index contributed by atoms with van der Waals surface area (Å²) in [4.78, 5) is 2.53. The molecular weight excluding hydrogens is 148 g/mol. The zero-order valence-corrected chi connectivity index (χ0v) is 8.64. The Bertz CT molecular complexity index is 121. The van der Waals surface area contributed by atoms with Crippen LogP contribution < -0.4 is 5.32 Å². The van der Waals surface area contributed by atoms with Crippen LogP contribution in [0, 0.1) is 11.8 Å². The first kappa shape index (κ1) is 10.0. The second-order valence-electron chi connectivity index (χ2n) is 3.80. The Morgan fingerprint density at radius 3 is 2.42 bits per heavy atom. The van der Waals surface area contributed by atoms with Crippen LogP contribution in [0.2, 0.25) is 0 Å². The van der Waals surface area contributed by atoms with Gasteiger partial charge in [0, 0.05) is 6.54 Å². The first-order valence-corrected chi connectivity index (χ1v) is 5.18. The average molecular weight is 170 g/mol. The summed E-state index contributed by atoms with van der Waals surface area (Å²) in [5, 5.41) is 3.25. The van der Waals surface area contributed by atoms with Gasteiger partial charge in [0.05, 0.1) is 0 Å². The SMILES string of the molecule is CCN(CC)C[C@@H]1C[C@@H]1CNC. The number of hydrogen-bond donors (Lipinski definition) is 1. The Kier molecular flexibility index (Phi) is 4.02. The van der Waals surface area contributed by atoms with Gasteiger partial charge in [-0.15, -0.1) is 0 Å². The molecule has 0 amide bonds. The molecule has 0 aliphatic heterocycles. The Morgan fingerprint density at radius 1 is 1.25 bits per heavy atom. The molecule has 1 rings (SSSR count). The van der Waals surface area contributed by atoms with Gasteiger partial charge in [-0.2, -0.15) is 0 Å². The molecule has 1 N–H and O–H groups in total. The van der Waals surface area contributed by atoms with Crippen LogP contribution >= 0.6 is 0 Å². The molecule has 2 atom stereocenters. The van der Waals surface area contributed by atoms with Crippen LogP contribution in [-0.4, -0.2) is 38.1 Å². The smallest absolute Gasteiger partial charge is 0.00127 e. The van der Waals surface area contributed by atoms with Crippen molar-refractivity contribution in [1.29, 1.82) is 0 Å². The van der Waals surface area contributed by atoms with Crippen LogP contribution in [-0.2, 0) is 0 Å². The van der Waals surface area contributed by atoms with E-state index in [0.29, 0.717) is 0 Å². The summed E-state index contributed by atoms with van der Waals surface area (Å²) in [7, 11) is 2.05. The van der Waals surface area contributed by atoms with Crippen molar-refractivity contribution in [3.05, 3.63) is 0 Å². The maximum Gasteiger partial charge on any atom is 0.00127 e. The second kappa shape index (κ2) is 4.83. The first-order chi connectivity index (χ1) is 5.81. The molecule has 1 fully saturated rings. The molecule has 0 aromatic heterocycles. The maximum atomic E-state index is 3.25. The largest absolute Gasteiger partial charge is 0.319 e. The number of hydrogen-bond acceptors (Lipinski definition) is 2. The highest BCUT2D eigenvalue weighted by Gasteiger charge is 2.36. The molecule has 0 heterocycles. The summed E-state index contributed by atoms with van der Waals surface area (Å²) in [5.74, 6) is 1.95. The van der Waals surface area contributed by atoms with Gasteiger partial charge in [0.25, 0.3) is 0 Å². The van der Waals surface area contributed by atoms with Gasteiger partial charge >= 0.3 is 0 Å². The third kappa shape index (κ3) is 2.76. The van der Waals surface area contributed by atoms with E-state index in [1.807, 2.05) is 7.05 Å². The summed E-state index contributed by atoms with van der Waals surface area (Å²) in [6.45, 7) is 9.45. The number of rotatable bonds is 6. The lowest BCUT2D eigenvalue weighted by Crippen LogP contribution is -2.26. The third-order valence-electron chi connectivity index (χ3n) is 2.92. The van der Waals surface area contributed by atoms with E-state index in [0.717, 1.165) is 11.8 Å². The summed E-state index contributed by atoms with van der Waals surface area (Å²) in [6, 6.07) is 0. The zero-order chi connectivity index (χ0) is 8.97.